The van der Waals surface area contributed by atoms with Gasteiger partial charge in [-0.2, -0.15) is 8.78 Å². The summed E-state index contributed by atoms with van der Waals surface area (Å²) in [5.41, 5.74) is 0.500. The van der Waals surface area contributed by atoms with E-state index in [1.54, 1.807) is 39.8 Å². The molecule has 11 heteroatoms. The Morgan fingerprint density at radius 3 is 2.36 bits per heavy atom. The first kappa shape index (κ1) is 31.4. The number of benzene rings is 2. The molecule has 1 aliphatic rings. The highest BCUT2D eigenvalue weighted by Gasteiger charge is 2.49. The first-order chi connectivity index (χ1) is 19.8. The predicted octanol–water partition coefficient (Wildman–Crippen LogP) is 6.77. The molecule has 0 unspecified atom stereocenters. The number of methoxy groups -OCH3 is 2. The normalized spacial score (nSPS) is 18.2. The Morgan fingerprint density at radius 1 is 1.07 bits per heavy atom. The molecule has 0 amide bonds. The van der Waals surface area contributed by atoms with Crippen LogP contribution in [0.15, 0.2) is 42.6 Å². The average Bonchev–Trinajstić information content (AvgIpc) is 3.40. The molecular weight excluding hydrogens is 553 g/mol. The lowest BCUT2D eigenvalue weighted by Crippen LogP contribution is -2.48. The number of halogens is 3. The van der Waals surface area contributed by atoms with Crippen molar-refractivity contribution in [2.45, 2.75) is 64.3 Å². The van der Waals surface area contributed by atoms with E-state index in [4.69, 9.17) is 18.9 Å². The van der Waals surface area contributed by atoms with Crippen LogP contribution in [0.5, 0.6) is 5.75 Å². The van der Waals surface area contributed by atoms with E-state index in [0.29, 0.717) is 16.6 Å². The van der Waals surface area contributed by atoms with Gasteiger partial charge in [0.2, 0.25) is 0 Å². The van der Waals surface area contributed by atoms with Crippen LogP contribution in [0.3, 0.4) is 0 Å². The zero-order valence-corrected chi connectivity index (χ0v) is 24.7. The Labute approximate surface area is 243 Å². The lowest BCUT2D eigenvalue weighted by Gasteiger charge is -2.44. The van der Waals surface area contributed by atoms with Gasteiger partial charge in [0.1, 0.15) is 18.0 Å². The number of aryl methyl sites for hydroxylation is 1. The number of likely N-dealkylation sites (tertiary alicyclic amines) is 1. The minimum absolute atomic E-state index is 0.0254. The number of hydrogen-bond donors (Lipinski definition) is 0. The molecule has 0 N–H and O–H groups in total. The SMILES string of the molecule is COC(=O)c1ccc([C@@H]2C[C@H](OCCF)CCN2C(F)(F)c2c(OC)cc(C)c3c2ccn3C(=O)OC(C)(C)C)cc1. The van der Waals surface area contributed by atoms with Gasteiger partial charge in [0.25, 0.3) is 0 Å². The Hall–Kier alpha value is -3.57. The number of carbonyl (C=O) groups excluding carboxylic acids is 2. The summed E-state index contributed by atoms with van der Waals surface area (Å²) < 4.78 is 69.4. The standard InChI is InChI=1S/C31H37F3N2O6/c1-19-17-25(39-5)26(23-12-14-35(27(19)23)29(38)42-30(2,3)4)31(33,34)36-15-11-22(41-16-13-32)18-24(36)20-7-9-21(10-8-20)28(37)40-6/h7-10,12,14,17,22,24H,11,13,15-16,18H2,1-6H3/t22-,24+/m1/s1. The zero-order valence-electron chi connectivity index (χ0n) is 24.7. The van der Waals surface area contributed by atoms with Crippen LogP contribution in [-0.4, -0.2) is 67.3 Å². The summed E-state index contributed by atoms with van der Waals surface area (Å²) >= 11 is 0. The molecule has 2 heterocycles. The second-order valence-corrected chi connectivity index (χ2v) is 11.3. The maximum absolute atomic E-state index is 17.0. The van der Waals surface area contributed by atoms with Crippen LogP contribution in [0.25, 0.3) is 10.9 Å². The molecule has 0 aliphatic carbocycles. The van der Waals surface area contributed by atoms with Crippen LogP contribution < -0.4 is 4.74 Å². The van der Waals surface area contributed by atoms with E-state index in [1.807, 2.05) is 0 Å². The van der Waals surface area contributed by atoms with E-state index in [-0.39, 0.29) is 48.3 Å². The van der Waals surface area contributed by atoms with Gasteiger partial charge in [0.15, 0.2) is 0 Å². The van der Waals surface area contributed by atoms with Crippen molar-refractivity contribution in [3.63, 3.8) is 0 Å². The summed E-state index contributed by atoms with van der Waals surface area (Å²) in [6, 6.07) is 4.80. The number of fused-ring (bicyclic) bond motifs is 1. The minimum atomic E-state index is -3.58. The van der Waals surface area contributed by atoms with Crippen molar-refractivity contribution in [3.05, 3.63) is 64.8 Å². The summed E-state index contributed by atoms with van der Waals surface area (Å²) in [5, 5.41) is 0.151. The first-order valence-electron chi connectivity index (χ1n) is 13.7. The average molecular weight is 591 g/mol. The lowest BCUT2D eigenvalue weighted by molar-refractivity contribution is -0.196. The van der Waals surface area contributed by atoms with Crippen molar-refractivity contribution >= 4 is 23.0 Å². The maximum atomic E-state index is 17.0. The van der Waals surface area contributed by atoms with E-state index in [1.165, 1.54) is 49.2 Å². The molecule has 1 saturated heterocycles. The van der Waals surface area contributed by atoms with Crippen molar-refractivity contribution in [3.8, 4) is 5.75 Å². The van der Waals surface area contributed by atoms with Crippen LogP contribution in [0.1, 0.15) is 66.7 Å². The highest BCUT2D eigenvalue weighted by molar-refractivity contribution is 5.95. The third-order valence-electron chi connectivity index (χ3n) is 7.30. The summed E-state index contributed by atoms with van der Waals surface area (Å²) in [6.45, 7) is 6.02. The van der Waals surface area contributed by atoms with Gasteiger partial charge in [0.05, 0.1) is 43.6 Å². The van der Waals surface area contributed by atoms with Crippen LogP contribution in [0.4, 0.5) is 18.0 Å². The van der Waals surface area contributed by atoms with Gasteiger partial charge >= 0.3 is 18.1 Å². The number of esters is 1. The molecule has 4 rings (SSSR count). The third-order valence-corrected chi connectivity index (χ3v) is 7.30. The number of hydrogen-bond acceptors (Lipinski definition) is 7. The van der Waals surface area contributed by atoms with Crippen LogP contribution in [0, 0.1) is 6.92 Å². The van der Waals surface area contributed by atoms with Gasteiger partial charge in [-0.1, -0.05) is 12.1 Å². The second-order valence-electron chi connectivity index (χ2n) is 11.3. The molecule has 1 aliphatic heterocycles. The van der Waals surface area contributed by atoms with Crippen LogP contribution >= 0.6 is 0 Å². The van der Waals surface area contributed by atoms with E-state index >= 15 is 8.78 Å². The number of carbonyl (C=O) groups is 2. The molecule has 1 aromatic heterocycles. The van der Waals surface area contributed by atoms with Gasteiger partial charge in [-0.15, -0.1) is 0 Å². The molecule has 0 spiro atoms. The lowest BCUT2D eigenvalue weighted by atomic mass is 9.90. The first-order valence-corrected chi connectivity index (χ1v) is 13.7. The fraction of sp³-hybridized carbons (Fsp3) is 0.484. The van der Waals surface area contributed by atoms with Gasteiger partial charge in [-0.25, -0.2) is 18.9 Å². The van der Waals surface area contributed by atoms with Crippen molar-refractivity contribution in [1.82, 2.24) is 9.47 Å². The Bertz CT molecular complexity index is 1430. The molecule has 2 aromatic carbocycles. The van der Waals surface area contributed by atoms with Crippen molar-refractivity contribution in [2.75, 3.05) is 34.0 Å². The fourth-order valence-corrected chi connectivity index (χ4v) is 5.49. The van der Waals surface area contributed by atoms with Crippen LogP contribution in [0.2, 0.25) is 0 Å². The maximum Gasteiger partial charge on any atom is 0.419 e. The van der Waals surface area contributed by atoms with E-state index in [2.05, 4.69) is 0 Å². The topological polar surface area (TPSA) is 79.2 Å². The predicted molar refractivity (Wildman–Crippen MR) is 151 cm³/mol. The van der Waals surface area contributed by atoms with E-state index in [0.717, 1.165) is 4.90 Å². The molecule has 0 radical (unpaired) electrons. The quantitative estimate of drug-likeness (QED) is 0.212. The van der Waals surface area contributed by atoms with Crippen molar-refractivity contribution in [1.29, 1.82) is 0 Å². The smallest absolute Gasteiger partial charge is 0.419 e. The van der Waals surface area contributed by atoms with E-state index in [9.17, 15) is 14.0 Å². The van der Waals surface area contributed by atoms with Gasteiger partial charge in [0, 0.05) is 24.2 Å². The van der Waals surface area contributed by atoms with Crippen LogP contribution in [-0.2, 0) is 20.3 Å². The molecule has 0 saturated carbocycles. The third kappa shape index (κ3) is 6.27. The summed E-state index contributed by atoms with van der Waals surface area (Å²) in [4.78, 5) is 26.0. The van der Waals surface area contributed by atoms with E-state index < -0.39 is 42.5 Å². The van der Waals surface area contributed by atoms with Gasteiger partial charge in [-0.3, -0.25) is 4.57 Å². The number of alkyl halides is 3. The number of rotatable bonds is 8. The highest BCUT2D eigenvalue weighted by Crippen LogP contribution is 2.49. The summed E-state index contributed by atoms with van der Waals surface area (Å²) in [7, 11) is 2.59. The number of nitrogens with zero attached hydrogens (tertiary/aromatic N) is 2. The number of piperidine rings is 1. The Kier molecular flexibility index (Phi) is 9.22. The molecule has 42 heavy (non-hydrogen) atoms. The molecular formula is C31H37F3N2O6. The monoisotopic (exact) mass is 590 g/mol. The van der Waals surface area contributed by atoms with Crippen molar-refractivity contribution < 1.29 is 41.7 Å². The summed E-state index contributed by atoms with van der Waals surface area (Å²) in [5.74, 6) is -0.569. The Balaban J connectivity index is 1.82. The minimum Gasteiger partial charge on any atom is -0.496 e. The Morgan fingerprint density at radius 2 is 1.76 bits per heavy atom. The molecule has 1 fully saturated rings. The zero-order chi connectivity index (χ0) is 30.8. The molecule has 0 bridgehead atoms. The van der Waals surface area contributed by atoms with Crippen molar-refractivity contribution in [2.24, 2.45) is 0 Å². The highest BCUT2D eigenvalue weighted by atomic mass is 19.3. The van der Waals surface area contributed by atoms with Gasteiger partial charge < -0.3 is 18.9 Å². The molecule has 8 nitrogen and oxygen atoms in total. The van der Waals surface area contributed by atoms with Gasteiger partial charge in [-0.05, 0) is 75.9 Å². The molecule has 3 aromatic rings. The number of ether oxygens (including phenoxy) is 4. The largest absolute Gasteiger partial charge is 0.496 e. The second kappa shape index (κ2) is 12.3. The summed E-state index contributed by atoms with van der Waals surface area (Å²) in [6.07, 6.45) is 0.720. The fourth-order valence-electron chi connectivity index (χ4n) is 5.49. The number of aromatic nitrogens is 1. The molecule has 228 valence electrons. The molecule has 2 atom stereocenters.